The standard InChI is InChI=1S/C25H22N4/c1-15-7-9-17(10-8-15)23-24(18-11-13-19(26)14-12-18)29-25(28-23)22-16(2)27-21-6-4-3-5-20(21)22/h3-14,27H,26H2,1-2H3,(H,28,29). The molecule has 0 aliphatic heterocycles. The van der Waals surface area contributed by atoms with Crippen molar-refractivity contribution < 1.29 is 0 Å². The molecule has 0 aliphatic carbocycles. The Morgan fingerprint density at radius 2 is 1.45 bits per heavy atom. The lowest BCUT2D eigenvalue weighted by atomic mass is 10.0. The van der Waals surface area contributed by atoms with Crippen LogP contribution in [0.3, 0.4) is 0 Å². The summed E-state index contributed by atoms with van der Waals surface area (Å²) >= 11 is 0. The number of nitrogens with one attached hydrogen (secondary N) is 2. The zero-order valence-corrected chi connectivity index (χ0v) is 16.5. The molecule has 5 aromatic rings. The van der Waals surface area contributed by atoms with Gasteiger partial charge in [0.2, 0.25) is 0 Å². The summed E-state index contributed by atoms with van der Waals surface area (Å²) < 4.78 is 0. The number of anilines is 1. The number of H-pyrrole nitrogens is 2. The Morgan fingerprint density at radius 1 is 0.759 bits per heavy atom. The van der Waals surface area contributed by atoms with Crippen LogP contribution in [0.5, 0.6) is 0 Å². The van der Waals surface area contributed by atoms with Crippen LogP contribution in [-0.2, 0) is 0 Å². The second-order valence-corrected chi connectivity index (χ2v) is 7.47. The van der Waals surface area contributed by atoms with Crippen LogP contribution in [-0.4, -0.2) is 15.0 Å². The van der Waals surface area contributed by atoms with Crippen LogP contribution in [0.25, 0.3) is 44.8 Å². The van der Waals surface area contributed by atoms with Gasteiger partial charge < -0.3 is 15.7 Å². The molecule has 0 amide bonds. The average molecular weight is 378 g/mol. The molecule has 5 rings (SSSR count). The smallest absolute Gasteiger partial charge is 0.140 e. The van der Waals surface area contributed by atoms with Gasteiger partial charge in [-0.05, 0) is 32.0 Å². The molecular weight excluding hydrogens is 356 g/mol. The van der Waals surface area contributed by atoms with Crippen LogP contribution >= 0.6 is 0 Å². The van der Waals surface area contributed by atoms with E-state index < -0.39 is 0 Å². The number of aryl methyl sites for hydroxylation is 2. The number of nitrogens with zero attached hydrogens (tertiary/aromatic N) is 1. The maximum absolute atomic E-state index is 5.90. The highest BCUT2D eigenvalue weighted by molar-refractivity contribution is 5.97. The molecule has 2 aromatic heterocycles. The van der Waals surface area contributed by atoms with Gasteiger partial charge in [0.25, 0.3) is 0 Å². The zero-order valence-electron chi connectivity index (χ0n) is 16.5. The number of hydrogen-bond donors (Lipinski definition) is 3. The van der Waals surface area contributed by atoms with E-state index in [2.05, 4.69) is 66.3 Å². The van der Waals surface area contributed by atoms with E-state index in [1.54, 1.807) is 0 Å². The molecule has 0 unspecified atom stereocenters. The Kier molecular flexibility index (Phi) is 3.98. The number of benzene rings is 3. The Hall–Kier alpha value is -3.79. The summed E-state index contributed by atoms with van der Waals surface area (Å²) in [5, 5.41) is 1.16. The van der Waals surface area contributed by atoms with Gasteiger partial charge in [-0.25, -0.2) is 4.98 Å². The van der Waals surface area contributed by atoms with E-state index in [0.717, 1.165) is 56.2 Å². The largest absolute Gasteiger partial charge is 0.399 e. The van der Waals surface area contributed by atoms with Crippen LogP contribution in [0.1, 0.15) is 11.3 Å². The van der Waals surface area contributed by atoms with E-state index in [-0.39, 0.29) is 0 Å². The van der Waals surface area contributed by atoms with E-state index in [4.69, 9.17) is 10.7 Å². The predicted molar refractivity (Wildman–Crippen MR) is 121 cm³/mol. The van der Waals surface area contributed by atoms with Crippen molar-refractivity contribution in [3.8, 4) is 33.9 Å². The van der Waals surface area contributed by atoms with Gasteiger partial charge in [-0.2, -0.15) is 0 Å². The number of rotatable bonds is 3. The first-order chi connectivity index (χ1) is 14.1. The van der Waals surface area contributed by atoms with Gasteiger partial charge in [0.15, 0.2) is 0 Å². The van der Waals surface area contributed by atoms with Gasteiger partial charge in [-0.15, -0.1) is 0 Å². The zero-order chi connectivity index (χ0) is 20.0. The molecule has 3 aromatic carbocycles. The van der Waals surface area contributed by atoms with Crippen molar-refractivity contribution in [2.45, 2.75) is 13.8 Å². The number of nitrogen functional groups attached to an aromatic ring is 1. The summed E-state index contributed by atoms with van der Waals surface area (Å²) in [7, 11) is 0. The molecule has 0 aliphatic rings. The molecule has 0 fully saturated rings. The quantitative estimate of drug-likeness (QED) is 0.332. The average Bonchev–Trinajstić information content (AvgIpc) is 3.29. The first-order valence-electron chi connectivity index (χ1n) is 9.71. The van der Waals surface area contributed by atoms with Gasteiger partial charge in [0.05, 0.1) is 11.4 Å². The monoisotopic (exact) mass is 378 g/mol. The topological polar surface area (TPSA) is 70.5 Å². The molecule has 4 N–H and O–H groups in total. The number of aromatic amines is 2. The van der Waals surface area contributed by atoms with Crippen LogP contribution in [0, 0.1) is 13.8 Å². The van der Waals surface area contributed by atoms with Crippen LogP contribution < -0.4 is 5.73 Å². The minimum Gasteiger partial charge on any atom is -0.399 e. The molecule has 4 nitrogen and oxygen atoms in total. The second kappa shape index (κ2) is 6.67. The van der Waals surface area contributed by atoms with Gasteiger partial charge in [0, 0.05) is 39.0 Å². The lowest BCUT2D eigenvalue weighted by molar-refractivity contribution is 1.25. The normalized spacial score (nSPS) is 11.2. The van der Waals surface area contributed by atoms with Gasteiger partial charge in [-0.1, -0.05) is 60.2 Å². The number of para-hydroxylation sites is 1. The molecule has 0 atom stereocenters. The van der Waals surface area contributed by atoms with E-state index in [1.165, 1.54) is 5.56 Å². The van der Waals surface area contributed by atoms with Crippen molar-refractivity contribution >= 4 is 16.6 Å². The highest BCUT2D eigenvalue weighted by Crippen LogP contribution is 2.37. The number of fused-ring (bicyclic) bond motifs is 1. The molecule has 0 saturated carbocycles. The third-order valence-electron chi connectivity index (χ3n) is 5.36. The fourth-order valence-electron chi connectivity index (χ4n) is 3.85. The van der Waals surface area contributed by atoms with Crippen LogP contribution in [0.2, 0.25) is 0 Å². The maximum Gasteiger partial charge on any atom is 0.140 e. The lowest BCUT2D eigenvalue weighted by Crippen LogP contribution is -1.87. The van der Waals surface area contributed by atoms with Crippen molar-refractivity contribution in [3.05, 3.63) is 84.1 Å². The van der Waals surface area contributed by atoms with Crippen molar-refractivity contribution in [2.75, 3.05) is 5.73 Å². The fraction of sp³-hybridized carbons (Fsp3) is 0.0800. The first kappa shape index (κ1) is 17.3. The second-order valence-electron chi connectivity index (χ2n) is 7.47. The lowest BCUT2D eigenvalue weighted by Gasteiger charge is -2.04. The minimum absolute atomic E-state index is 0.744. The van der Waals surface area contributed by atoms with Crippen molar-refractivity contribution in [3.63, 3.8) is 0 Å². The number of hydrogen-bond acceptors (Lipinski definition) is 2. The Labute approximate surface area is 169 Å². The van der Waals surface area contributed by atoms with Gasteiger partial charge >= 0.3 is 0 Å². The summed E-state index contributed by atoms with van der Waals surface area (Å²) in [6.45, 7) is 4.19. The third-order valence-corrected chi connectivity index (χ3v) is 5.36. The first-order valence-corrected chi connectivity index (χ1v) is 9.71. The van der Waals surface area contributed by atoms with E-state index in [0.29, 0.717) is 0 Å². The SMILES string of the molecule is Cc1ccc(-c2[nH]c(-c3c(C)[nH]c4ccccc34)nc2-c2ccc(N)cc2)cc1. The molecule has 0 radical (unpaired) electrons. The number of nitrogens with two attached hydrogens (primary N) is 1. The van der Waals surface area contributed by atoms with Gasteiger partial charge in [-0.3, -0.25) is 0 Å². The van der Waals surface area contributed by atoms with E-state index in [9.17, 15) is 0 Å². The summed E-state index contributed by atoms with van der Waals surface area (Å²) in [6, 6.07) is 24.7. The molecule has 0 spiro atoms. The number of aromatic nitrogens is 3. The summed E-state index contributed by atoms with van der Waals surface area (Å²) in [5.41, 5.74) is 15.3. The number of imidazole rings is 1. The molecule has 29 heavy (non-hydrogen) atoms. The fourth-order valence-corrected chi connectivity index (χ4v) is 3.85. The Balaban J connectivity index is 1.75. The molecule has 0 saturated heterocycles. The Bertz CT molecular complexity index is 1240. The van der Waals surface area contributed by atoms with Crippen molar-refractivity contribution in [1.29, 1.82) is 0 Å². The molecule has 0 bridgehead atoms. The molecule has 142 valence electrons. The summed E-state index contributed by atoms with van der Waals surface area (Å²) in [4.78, 5) is 12.1. The highest BCUT2D eigenvalue weighted by atomic mass is 14.9. The van der Waals surface area contributed by atoms with Gasteiger partial charge in [0.1, 0.15) is 5.82 Å². The predicted octanol–water partition coefficient (Wildman–Crippen LogP) is 6.09. The highest BCUT2D eigenvalue weighted by Gasteiger charge is 2.19. The van der Waals surface area contributed by atoms with E-state index >= 15 is 0 Å². The summed E-state index contributed by atoms with van der Waals surface area (Å²) in [6.07, 6.45) is 0. The molecule has 2 heterocycles. The van der Waals surface area contributed by atoms with Crippen LogP contribution in [0.15, 0.2) is 72.8 Å². The Morgan fingerprint density at radius 3 is 2.21 bits per heavy atom. The van der Waals surface area contributed by atoms with E-state index in [1.807, 2.05) is 30.3 Å². The third kappa shape index (κ3) is 2.99. The van der Waals surface area contributed by atoms with Crippen molar-refractivity contribution in [2.24, 2.45) is 0 Å². The molecular formula is C25H22N4. The summed E-state index contributed by atoms with van der Waals surface area (Å²) in [5.74, 6) is 0.863. The molecule has 4 heteroatoms. The van der Waals surface area contributed by atoms with Crippen LogP contribution in [0.4, 0.5) is 5.69 Å². The maximum atomic E-state index is 5.90. The minimum atomic E-state index is 0.744. The van der Waals surface area contributed by atoms with Crippen molar-refractivity contribution in [1.82, 2.24) is 15.0 Å².